The van der Waals surface area contributed by atoms with E-state index >= 15 is 0 Å². The molecule has 2 aliphatic rings. The summed E-state index contributed by atoms with van der Waals surface area (Å²) in [6.45, 7) is 1.83. The van der Waals surface area contributed by atoms with Crippen molar-refractivity contribution in [3.8, 4) is 11.3 Å². The van der Waals surface area contributed by atoms with Gasteiger partial charge in [0.05, 0.1) is 11.4 Å². The topological polar surface area (TPSA) is 86.1 Å². The average molecular weight is 500 g/mol. The minimum atomic E-state index is -0.327. The number of thiazole rings is 2. The Bertz CT molecular complexity index is 1440. The molecule has 0 fully saturated rings. The first-order valence-corrected chi connectivity index (χ1v) is 12.9. The van der Waals surface area contributed by atoms with Crippen LogP contribution in [0.5, 0.6) is 0 Å². The molecule has 2 aliphatic heterocycles. The second-order valence-corrected chi connectivity index (χ2v) is 10.2. The summed E-state index contributed by atoms with van der Waals surface area (Å²) >= 11 is 2.96. The van der Waals surface area contributed by atoms with Crippen molar-refractivity contribution >= 4 is 50.3 Å². The van der Waals surface area contributed by atoms with Crippen LogP contribution in [0.2, 0.25) is 0 Å². The molecular formula is C25H21N7OS2. The minimum absolute atomic E-state index is 0.234. The predicted octanol–water partition coefficient (Wildman–Crippen LogP) is 4.47. The third-order valence-corrected chi connectivity index (χ3v) is 7.67. The lowest BCUT2D eigenvalue weighted by Gasteiger charge is -2.20. The summed E-state index contributed by atoms with van der Waals surface area (Å²) in [6, 6.07) is 19.5. The van der Waals surface area contributed by atoms with Gasteiger partial charge in [0.2, 0.25) is 10.3 Å². The van der Waals surface area contributed by atoms with E-state index in [1.165, 1.54) is 21.2 Å². The highest BCUT2D eigenvalue weighted by atomic mass is 32.1. The van der Waals surface area contributed by atoms with Crippen LogP contribution in [0.1, 0.15) is 16.1 Å². The number of likely N-dealkylation sites (N-methyl/N-ethyl adjacent to an activating group) is 1. The maximum absolute atomic E-state index is 13.5. The molecule has 0 saturated carbocycles. The molecule has 8 nitrogen and oxygen atoms in total. The van der Waals surface area contributed by atoms with Gasteiger partial charge in [-0.2, -0.15) is 15.2 Å². The molecule has 0 unspecified atom stereocenters. The van der Waals surface area contributed by atoms with Gasteiger partial charge in [0, 0.05) is 34.5 Å². The molecule has 2 aromatic heterocycles. The van der Waals surface area contributed by atoms with Gasteiger partial charge in [0.15, 0.2) is 5.71 Å². The molecule has 1 amide bonds. The smallest absolute Gasteiger partial charge is 0.300 e. The van der Waals surface area contributed by atoms with Gasteiger partial charge >= 0.3 is 5.91 Å². The second kappa shape index (κ2) is 9.14. The van der Waals surface area contributed by atoms with Crippen molar-refractivity contribution < 1.29 is 4.79 Å². The molecule has 35 heavy (non-hydrogen) atoms. The SMILES string of the molecule is CN1CCc2sc(N/N=C3\C(=O)N(c4nc(-c5ccccc5)cs4)N=C3c3ccccc3)nc2C1. The van der Waals surface area contributed by atoms with Gasteiger partial charge in [-0.05, 0) is 13.5 Å². The molecule has 0 spiro atoms. The molecule has 10 heteroatoms. The number of fused-ring (bicyclic) bond motifs is 1. The molecule has 0 atom stereocenters. The van der Waals surface area contributed by atoms with Crippen LogP contribution >= 0.6 is 22.7 Å². The van der Waals surface area contributed by atoms with Crippen molar-refractivity contribution in [3.63, 3.8) is 0 Å². The Morgan fingerprint density at radius 1 is 1.00 bits per heavy atom. The summed E-state index contributed by atoms with van der Waals surface area (Å²) in [5, 5.41) is 13.6. The van der Waals surface area contributed by atoms with Crippen molar-refractivity contribution in [2.75, 3.05) is 24.0 Å². The lowest BCUT2D eigenvalue weighted by Crippen LogP contribution is -2.28. The molecule has 0 radical (unpaired) electrons. The van der Waals surface area contributed by atoms with Gasteiger partial charge in [-0.15, -0.1) is 22.7 Å². The monoisotopic (exact) mass is 499 g/mol. The molecule has 4 aromatic rings. The fraction of sp³-hybridized carbons (Fsp3) is 0.160. The van der Waals surface area contributed by atoms with Gasteiger partial charge in [-0.3, -0.25) is 10.2 Å². The van der Waals surface area contributed by atoms with Crippen molar-refractivity contribution in [1.29, 1.82) is 0 Å². The van der Waals surface area contributed by atoms with E-state index in [0.717, 1.165) is 42.0 Å². The Morgan fingerprint density at radius 3 is 2.51 bits per heavy atom. The van der Waals surface area contributed by atoms with Crippen LogP contribution in [0.3, 0.4) is 0 Å². The molecule has 174 valence electrons. The zero-order valence-corrected chi connectivity index (χ0v) is 20.5. The van der Waals surface area contributed by atoms with E-state index in [2.05, 4.69) is 37.5 Å². The highest BCUT2D eigenvalue weighted by molar-refractivity contribution is 7.15. The van der Waals surface area contributed by atoms with Crippen LogP contribution in [0.15, 0.2) is 76.2 Å². The highest BCUT2D eigenvalue weighted by Gasteiger charge is 2.36. The first-order chi connectivity index (χ1) is 17.2. The van der Waals surface area contributed by atoms with Crippen LogP contribution in [-0.2, 0) is 17.8 Å². The Balaban J connectivity index is 1.32. The number of nitrogens with zero attached hydrogens (tertiary/aromatic N) is 6. The standard InChI is InChI=1S/C25H21N7OS2/c1-31-13-12-20-18(14-31)26-24(35-20)29-28-22-21(17-10-6-3-7-11-17)30-32(23(22)33)25-27-19(15-34-25)16-8-4-2-5-9-16/h2-11,15H,12-14H2,1H3,(H,26,29)/b28-22-. The maximum atomic E-state index is 13.5. The van der Waals surface area contributed by atoms with E-state index < -0.39 is 0 Å². The summed E-state index contributed by atoms with van der Waals surface area (Å²) in [5.74, 6) is -0.327. The molecule has 2 aromatic carbocycles. The molecule has 1 N–H and O–H groups in total. The second-order valence-electron chi connectivity index (χ2n) is 8.26. The average Bonchev–Trinajstić information content (AvgIpc) is 3.61. The van der Waals surface area contributed by atoms with E-state index in [1.807, 2.05) is 66.0 Å². The summed E-state index contributed by atoms with van der Waals surface area (Å²) in [4.78, 5) is 26.3. The van der Waals surface area contributed by atoms with E-state index in [0.29, 0.717) is 16.0 Å². The number of hydrogen-bond acceptors (Lipinski definition) is 9. The third-order valence-electron chi connectivity index (χ3n) is 5.79. The fourth-order valence-corrected chi connectivity index (χ4v) is 5.68. The van der Waals surface area contributed by atoms with E-state index in [9.17, 15) is 4.79 Å². The van der Waals surface area contributed by atoms with Gasteiger partial charge in [-0.1, -0.05) is 60.7 Å². The van der Waals surface area contributed by atoms with Crippen LogP contribution in [-0.4, -0.2) is 45.8 Å². The zero-order chi connectivity index (χ0) is 23.8. The van der Waals surface area contributed by atoms with E-state index in [1.54, 1.807) is 11.3 Å². The highest BCUT2D eigenvalue weighted by Crippen LogP contribution is 2.31. The number of benzene rings is 2. The molecule has 6 rings (SSSR count). The number of anilines is 2. The van der Waals surface area contributed by atoms with E-state index in [4.69, 9.17) is 0 Å². The van der Waals surface area contributed by atoms with Gasteiger partial charge < -0.3 is 4.90 Å². The number of hydrogen-bond donors (Lipinski definition) is 1. The lowest BCUT2D eigenvalue weighted by molar-refractivity contribution is -0.112. The lowest BCUT2D eigenvalue weighted by atomic mass is 10.1. The summed E-state index contributed by atoms with van der Waals surface area (Å²) < 4.78 is 0. The maximum Gasteiger partial charge on any atom is 0.303 e. The van der Waals surface area contributed by atoms with Crippen LogP contribution in [0.4, 0.5) is 10.3 Å². The Morgan fingerprint density at radius 2 is 1.74 bits per heavy atom. The molecule has 4 heterocycles. The van der Waals surface area contributed by atoms with Gasteiger partial charge in [0.25, 0.3) is 0 Å². The largest absolute Gasteiger partial charge is 0.303 e. The quantitative estimate of drug-likeness (QED) is 0.410. The number of carbonyl (C=O) groups is 1. The number of aromatic nitrogens is 2. The van der Waals surface area contributed by atoms with Crippen molar-refractivity contribution in [2.24, 2.45) is 10.2 Å². The van der Waals surface area contributed by atoms with Gasteiger partial charge in [0.1, 0.15) is 5.71 Å². The summed E-state index contributed by atoms with van der Waals surface area (Å²) in [6.07, 6.45) is 0.971. The van der Waals surface area contributed by atoms with Crippen LogP contribution < -0.4 is 10.4 Å². The van der Waals surface area contributed by atoms with Crippen molar-refractivity contribution in [1.82, 2.24) is 14.9 Å². The molecule has 0 aliphatic carbocycles. The molecule has 0 bridgehead atoms. The zero-order valence-electron chi connectivity index (χ0n) is 18.9. The van der Waals surface area contributed by atoms with Crippen LogP contribution in [0.25, 0.3) is 11.3 Å². The Kier molecular flexibility index (Phi) is 5.69. The summed E-state index contributed by atoms with van der Waals surface area (Å²) in [7, 11) is 2.09. The third kappa shape index (κ3) is 4.27. The van der Waals surface area contributed by atoms with Crippen molar-refractivity contribution in [2.45, 2.75) is 13.0 Å². The number of rotatable bonds is 5. The number of hydrazone groups is 2. The normalized spacial score (nSPS) is 17.1. The van der Waals surface area contributed by atoms with Gasteiger partial charge in [-0.25, -0.2) is 9.97 Å². The number of nitrogens with one attached hydrogen (secondary N) is 1. The summed E-state index contributed by atoms with van der Waals surface area (Å²) in [5.41, 5.74) is 7.43. The first kappa shape index (κ1) is 21.8. The predicted molar refractivity (Wildman–Crippen MR) is 141 cm³/mol. The van der Waals surface area contributed by atoms with Crippen molar-refractivity contribution in [3.05, 3.63) is 82.2 Å². The Hall–Kier alpha value is -3.73. The molecule has 0 saturated heterocycles. The minimum Gasteiger partial charge on any atom is -0.300 e. The number of amides is 1. The number of carbonyl (C=O) groups excluding carboxylic acids is 1. The van der Waals surface area contributed by atoms with E-state index in [-0.39, 0.29) is 11.6 Å². The fourth-order valence-electron chi connectivity index (χ4n) is 4.00. The van der Waals surface area contributed by atoms with Crippen LogP contribution in [0, 0.1) is 0 Å². The molecular weight excluding hydrogens is 478 g/mol. The first-order valence-electron chi connectivity index (χ1n) is 11.2. The Labute approximate surface area is 210 Å².